The molecular formula is C20H20O3S. The fraction of sp³-hybridized carbons (Fsp3) is 0.200. The maximum Gasteiger partial charge on any atom is 0.295 e. The second-order valence-electron chi connectivity index (χ2n) is 6.32. The van der Waals surface area contributed by atoms with Gasteiger partial charge in [-0.1, -0.05) is 68.4 Å². The molecule has 0 fully saturated rings. The zero-order chi connectivity index (χ0) is 17.3. The summed E-state index contributed by atoms with van der Waals surface area (Å²) in [7, 11) is -4.26. The molecule has 0 atom stereocenters. The molecule has 1 aromatic rings. The number of benzene rings is 1. The Morgan fingerprint density at radius 2 is 1.54 bits per heavy atom. The molecule has 0 aromatic heterocycles. The molecule has 0 amide bonds. The monoisotopic (exact) mass is 340 g/mol. The van der Waals surface area contributed by atoms with Gasteiger partial charge >= 0.3 is 0 Å². The molecule has 1 aromatic carbocycles. The molecule has 0 saturated heterocycles. The van der Waals surface area contributed by atoms with Crippen molar-refractivity contribution in [3.8, 4) is 11.1 Å². The highest BCUT2D eigenvalue weighted by Crippen LogP contribution is 2.36. The lowest BCUT2D eigenvalue weighted by molar-refractivity contribution is 0.484. The summed E-state index contributed by atoms with van der Waals surface area (Å²) < 4.78 is 33.2. The van der Waals surface area contributed by atoms with Crippen LogP contribution in [0.3, 0.4) is 0 Å². The van der Waals surface area contributed by atoms with Gasteiger partial charge in [-0.05, 0) is 40.7 Å². The van der Waals surface area contributed by atoms with Crippen LogP contribution in [0.4, 0.5) is 0 Å². The van der Waals surface area contributed by atoms with Crippen molar-refractivity contribution in [2.24, 2.45) is 0 Å². The van der Waals surface area contributed by atoms with Crippen LogP contribution < -0.4 is 0 Å². The molecule has 24 heavy (non-hydrogen) atoms. The van der Waals surface area contributed by atoms with Crippen LogP contribution in [0.1, 0.15) is 36.5 Å². The Morgan fingerprint density at radius 3 is 2.12 bits per heavy atom. The van der Waals surface area contributed by atoms with Crippen LogP contribution in [0, 0.1) is 0 Å². The van der Waals surface area contributed by atoms with E-state index in [0.29, 0.717) is 17.9 Å². The Hall–Kier alpha value is -2.17. The van der Waals surface area contributed by atoms with Crippen LogP contribution in [-0.2, 0) is 16.5 Å². The van der Waals surface area contributed by atoms with Crippen molar-refractivity contribution in [2.45, 2.75) is 31.1 Å². The fourth-order valence-electron chi connectivity index (χ4n) is 2.96. The smallest absolute Gasteiger partial charge is 0.282 e. The van der Waals surface area contributed by atoms with Crippen molar-refractivity contribution in [2.75, 3.05) is 0 Å². The first-order valence-electron chi connectivity index (χ1n) is 7.93. The van der Waals surface area contributed by atoms with Gasteiger partial charge < -0.3 is 0 Å². The summed E-state index contributed by atoms with van der Waals surface area (Å²) in [6.07, 6.45) is 0.619. The molecule has 3 nitrogen and oxygen atoms in total. The molecule has 0 spiro atoms. The topological polar surface area (TPSA) is 54.4 Å². The Labute approximate surface area is 143 Å². The van der Waals surface area contributed by atoms with Gasteiger partial charge in [0.15, 0.2) is 0 Å². The largest absolute Gasteiger partial charge is 0.295 e. The van der Waals surface area contributed by atoms with Crippen molar-refractivity contribution >= 4 is 10.1 Å². The lowest BCUT2D eigenvalue weighted by atomic mass is 10.0. The first-order chi connectivity index (χ1) is 11.4. The summed E-state index contributed by atoms with van der Waals surface area (Å²) in [4.78, 5) is -0.0191. The standard InChI is InChI=1S/C20H20O3S/c1-14(2)16-8-10-18-17(12-15-6-4-3-5-7-15)13-20(24(21,22)23)19(18)11-9-16/h3-11,13-14H,12H2,1-2H3,(H,21,22,23). The second kappa shape index (κ2) is 6.38. The molecule has 2 aliphatic carbocycles. The number of hydrogen-bond acceptors (Lipinski definition) is 2. The van der Waals surface area contributed by atoms with E-state index < -0.39 is 10.1 Å². The van der Waals surface area contributed by atoms with Crippen molar-refractivity contribution in [1.29, 1.82) is 0 Å². The van der Waals surface area contributed by atoms with Gasteiger partial charge in [0, 0.05) is 5.56 Å². The predicted octanol–water partition coefficient (Wildman–Crippen LogP) is 4.75. The van der Waals surface area contributed by atoms with Crippen molar-refractivity contribution in [3.63, 3.8) is 0 Å². The van der Waals surface area contributed by atoms with Crippen LogP contribution in [0.5, 0.6) is 0 Å². The van der Waals surface area contributed by atoms with E-state index in [1.807, 2.05) is 48.5 Å². The van der Waals surface area contributed by atoms with Gasteiger partial charge in [-0.25, -0.2) is 0 Å². The molecule has 1 N–H and O–H groups in total. The fourth-order valence-corrected chi connectivity index (χ4v) is 3.71. The minimum atomic E-state index is -4.26. The highest BCUT2D eigenvalue weighted by Gasteiger charge is 2.23. The van der Waals surface area contributed by atoms with E-state index in [4.69, 9.17) is 0 Å². The number of rotatable bonds is 4. The Morgan fingerprint density at radius 1 is 0.917 bits per heavy atom. The summed E-state index contributed by atoms with van der Waals surface area (Å²) in [6, 6.07) is 19.2. The zero-order valence-corrected chi connectivity index (χ0v) is 14.5. The van der Waals surface area contributed by atoms with E-state index in [9.17, 15) is 13.0 Å². The van der Waals surface area contributed by atoms with Gasteiger partial charge in [0.2, 0.25) is 0 Å². The normalized spacial score (nSPS) is 12.0. The lowest BCUT2D eigenvalue weighted by Crippen LogP contribution is -1.96. The Balaban J connectivity index is 2.19. The van der Waals surface area contributed by atoms with Gasteiger partial charge in [-0.2, -0.15) is 8.42 Å². The van der Waals surface area contributed by atoms with Crippen molar-refractivity contribution < 1.29 is 13.0 Å². The number of hydrogen-bond donors (Lipinski definition) is 1. The molecule has 4 heteroatoms. The van der Waals surface area contributed by atoms with E-state index in [-0.39, 0.29) is 4.90 Å². The van der Waals surface area contributed by atoms with Gasteiger partial charge in [-0.3, -0.25) is 4.55 Å². The Kier molecular flexibility index (Phi) is 4.43. The highest BCUT2D eigenvalue weighted by molar-refractivity contribution is 7.86. The number of fused-ring (bicyclic) bond motifs is 1. The van der Waals surface area contributed by atoms with Crippen molar-refractivity contribution in [3.05, 3.63) is 77.4 Å². The predicted molar refractivity (Wildman–Crippen MR) is 96.2 cm³/mol. The van der Waals surface area contributed by atoms with Gasteiger partial charge in [0.1, 0.15) is 4.90 Å². The van der Waals surface area contributed by atoms with Crippen molar-refractivity contribution in [1.82, 2.24) is 0 Å². The molecule has 0 unspecified atom stereocenters. The third-order valence-corrected chi connectivity index (χ3v) is 5.17. The van der Waals surface area contributed by atoms with E-state index >= 15 is 0 Å². The summed E-state index contributed by atoms with van der Waals surface area (Å²) in [5, 5.41) is 0. The van der Waals surface area contributed by atoms with Crippen LogP contribution in [-0.4, -0.2) is 13.0 Å². The van der Waals surface area contributed by atoms with Crippen LogP contribution in [0.25, 0.3) is 11.1 Å². The van der Waals surface area contributed by atoms with E-state index in [1.54, 1.807) is 12.1 Å². The molecule has 0 saturated carbocycles. The summed E-state index contributed by atoms with van der Waals surface area (Å²) in [5.41, 5.74) is 4.54. The summed E-state index contributed by atoms with van der Waals surface area (Å²) in [6.45, 7) is 4.18. The molecule has 124 valence electrons. The summed E-state index contributed by atoms with van der Waals surface area (Å²) >= 11 is 0. The molecular weight excluding hydrogens is 320 g/mol. The average molecular weight is 340 g/mol. The maximum absolute atomic E-state index is 11.8. The SMILES string of the molecule is CC(C)c1ccc2c(Cc3ccccc3)cc(S(=O)(=O)O)c-2cc1. The van der Waals surface area contributed by atoms with E-state index in [0.717, 1.165) is 22.3 Å². The third kappa shape index (κ3) is 3.35. The highest BCUT2D eigenvalue weighted by atomic mass is 32.2. The molecule has 2 aliphatic rings. The first kappa shape index (κ1) is 16.7. The van der Waals surface area contributed by atoms with Crippen LogP contribution >= 0.6 is 0 Å². The van der Waals surface area contributed by atoms with Gasteiger partial charge in [0.25, 0.3) is 10.1 Å². The quantitative estimate of drug-likeness (QED) is 0.697. The molecule has 0 bridgehead atoms. The van der Waals surface area contributed by atoms with Gasteiger partial charge in [-0.15, -0.1) is 0 Å². The third-order valence-electron chi connectivity index (χ3n) is 4.27. The van der Waals surface area contributed by atoms with Crippen LogP contribution in [0.2, 0.25) is 0 Å². The minimum Gasteiger partial charge on any atom is -0.282 e. The zero-order valence-electron chi connectivity index (χ0n) is 13.7. The molecule has 0 aliphatic heterocycles. The van der Waals surface area contributed by atoms with Gasteiger partial charge in [0.05, 0.1) is 0 Å². The van der Waals surface area contributed by atoms with Crippen LogP contribution in [0.15, 0.2) is 65.6 Å². The molecule has 0 radical (unpaired) electrons. The average Bonchev–Trinajstić information content (AvgIpc) is 2.73. The Bertz CT molecular complexity index is 928. The summed E-state index contributed by atoms with van der Waals surface area (Å²) in [5.74, 6) is 0.341. The second-order valence-corrected chi connectivity index (χ2v) is 7.71. The van der Waals surface area contributed by atoms with E-state index in [1.165, 1.54) is 0 Å². The molecule has 0 heterocycles. The molecule has 3 rings (SSSR count). The first-order valence-corrected chi connectivity index (χ1v) is 9.37. The maximum atomic E-state index is 11.8. The minimum absolute atomic E-state index is 0.0191. The van der Waals surface area contributed by atoms with E-state index in [2.05, 4.69) is 13.8 Å². The lowest BCUT2D eigenvalue weighted by Gasteiger charge is -2.02.